The minimum absolute atomic E-state index is 0. The van der Waals surface area contributed by atoms with Crippen LogP contribution in [0.5, 0.6) is 0 Å². The molecule has 0 bridgehead atoms. The van der Waals surface area contributed by atoms with Gasteiger partial charge in [-0.25, -0.2) is 0 Å². The van der Waals surface area contributed by atoms with Crippen LogP contribution in [0.4, 0.5) is 0 Å². The van der Waals surface area contributed by atoms with Gasteiger partial charge in [0.15, 0.2) is 5.96 Å². The van der Waals surface area contributed by atoms with Crippen molar-refractivity contribution in [2.45, 2.75) is 45.1 Å². The first-order chi connectivity index (χ1) is 12.5. The third-order valence-electron chi connectivity index (χ3n) is 5.07. The number of hydrogen-bond donors (Lipinski definition) is 2. The Morgan fingerprint density at radius 1 is 1.22 bits per heavy atom. The first-order valence-corrected chi connectivity index (χ1v) is 9.62. The molecule has 0 spiro atoms. The van der Waals surface area contributed by atoms with Crippen molar-refractivity contribution in [1.29, 1.82) is 0 Å². The molecule has 0 unspecified atom stereocenters. The summed E-state index contributed by atoms with van der Waals surface area (Å²) in [6.07, 6.45) is 3.41. The van der Waals surface area contributed by atoms with E-state index in [4.69, 9.17) is 11.6 Å². The van der Waals surface area contributed by atoms with E-state index >= 15 is 0 Å². The van der Waals surface area contributed by atoms with E-state index in [1.165, 1.54) is 24.1 Å². The monoisotopic (exact) mass is 501 g/mol. The molecule has 5 nitrogen and oxygen atoms in total. The minimum Gasteiger partial charge on any atom is -0.356 e. The molecule has 2 aromatic rings. The fraction of sp³-hybridized carbons (Fsp3) is 0.500. The van der Waals surface area contributed by atoms with E-state index in [-0.39, 0.29) is 29.4 Å². The third kappa shape index (κ3) is 5.85. The Labute approximate surface area is 184 Å². The topological polar surface area (TPSA) is 54.2 Å². The van der Waals surface area contributed by atoms with Gasteiger partial charge in [-0.15, -0.1) is 24.0 Å². The Morgan fingerprint density at radius 3 is 2.48 bits per heavy atom. The molecular weight excluding hydrogens is 473 g/mol. The number of hydrogen-bond acceptors (Lipinski definition) is 2. The van der Waals surface area contributed by atoms with E-state index in [0.717, 1.165) is 42.7 Å². The zero-order chi connectivity index (χ0) is 18.6. The molecule has 0 atom stereocenters. The molecule has 148 valence electrons. The van der Waals surface area contributed by atoms with Gasteiger partial charge < -0.3 is 10.6 Å². The highest BCUT2D eigenvalue weighted by molar-refractivity contribution is 14.0. The third-order valence-corrected chi connectivity index (χ3v) is 5.32. The zero-order valence-electron chi connectivity index (χ0n) is 16.3. The first kappa shape index (κ1) is 22.0. The lowest BCUT2D eigenvalue weighted by Crippen LogP contribution is -2.41. The molecule has 0 amide bonds. The number of nitrogens with zero attached hydrogens (tertiary/aromatic N) is 3. The van der Waals surface area contributed by atoms with E-state index < -0.39 is 0 Å². The van der Waals surface area contributed by atoms with Crippen molar-refractivity contribution < 1.29 is 0 Å². The standard InChI is InChI=1S/C20H28ClN5.HI/c1-15-13-16(2)26(25-15)12-4-11-23-19(22-3)24-14-20(9-10-20)17-5-7-18(21)8-6-17;/h5-8,13H,4,9-12,14H2,1-3H3,(H2,22,23,24);1H. The lowest BCUT2D eigenvalue weighted by molar-refractivity contribution is 0.553. The summed E-state index contributed by atoms with van der Waals surface area (Å²) in [4.78, 5) is 4.34. The quantitative estimate of drug-likeness (QED) is 0.260. The van der Waals surface area contributed by atoms with Gasteiger partial charge in [-0.2, -0.15) is 5.10 Å². The minimum atomic E-state index is 0. The summed E-state index contributed by atoms with van der Waals surface area (Å²) >= 11 is 6.01. The molecular formula is C20H29ClIN5. The van der Waals surface area contributed by atoms with E-state index in [2.05, 4.69) is 50.5 Å². The van der Waals surface area contributed by atoms with Crippen LogP contribution in [0.1, 0.15) is 36.2 Å². The van der Waals surface area contributed by atoms with Crippen LogP contribution in [0.3, 0.4) is 0 Å². The molecule has 0 saturated heterocycles. The van der Waals surface area contributed by atoms with Crippen LogP contribution in [0.15, 0.2) is 35.3 Å². The Hall–Kier alpha value is -1.28. The van der Waals surface area contributed by atoms with Crippen molar-refractivity contribution in [1.82, 2.24) is 20.4 Å². The summed E-state index contributed by atoms with van der Waals surface area (Å²) in [5.74, 6) is 0.860. The van der Waals surface area contributed by atoms with Crippen molar-refractivity contribution in [3.8, 4) is 0 Å². The number of benzene rings is 1. The molecule has 1 aliphatic rings. The average molecular weight is 502 g/mol. The van der Waals surface area contributed by atoms with Gasteiger partial charge >= 0.3 is 0 Å². The van der Waals surface area contributed by atoms with Gasteiger partial charge in [-0.1, -0.05) is 23.7 Å². The number of aryl methyl sites for hydroxylation is 3. The maximum absolute atomic E-state index is 6.01. The van der Waals surface area contributed by atoms with Crippen LogP contribution >= 0.6 is 35.6 Å². The highest BCUT2D eigenvalue weighted by Crippen LogP contribution is 2.47. The maximum atomic E-state index is 6.01. The molecule has 1 heterocycles. The fourth-order valence-electron chi connectivity index (χ4n) is 3.33. The summed E-state index contributed by atoms with van der Waals surface area (Å²) in [7, 11) is 1.82. The van der Waals surface area contributed by atoms with Gasteiger partial charge in [0.25, 0.3) is 0 Å². The summed E-state index contributed by atoms with van der Waals surface area (Å²) in [6.45, 7) is 6.80. The molecule has 0 aliphatic heterocycles. The first-order valence-electron chi connectivity index (χ1n) is 9.24. The second-order valence-electron chi connectivity index (χ2n) is 7.14. The Morgan fingerprint density at radius 2 is 1.93 bits per heavy atom. The van der Waals surface area contributed by atoms with E-state index in [9.17, 15) is 0 Å². The van der Waals surface area contributed by atoms with Gasteiger partial charge in [0.1, 0.15) is 0 Å². The highest BCUT2D eigenvalue weighted by atomic mass is 127. The number of aromatic nitrogens is 2. The number of halogens is 2. The summed E-state index contributed by atoms with van der Waals surface area (Å²) in [5.41, 5.74) is 3.87. The Bertz CT molecular complexity index is 765. The van der Waals surface area contributed by atoms with E-state index in [0.29, 0.717) is 0 Å². The van der Waals surface area contributed by atoms with E-state index in [1.54, 1.807) is 0 Å². The van der Waals surface area contributed by atoms with Crippen molar-refractivity contribution in [2.75, 3.05) is 20.1 Å². The number of rotatable bonds is 7. The lowest BCUT2D eigenvalue weighted by atomic mass is 9.96. The number of guanidine groups is 1. The molecule has 1 fully saturated rings. The molecule has 1 aliphatic carbocycles. The summed E-state index contributed by atoms with van der Waals surface area (Å²) in [6, 6.07) is 10.3. The molecule has 7 heteroatoms. The van der Waals surface area contributed by atoms with Crippen LogP contribution in [-0.4, -0.2) is 35.9 Å². The van der Waals surface area contributed by atoms with Crippen LogP contribution in [0.25, 0.3) is 0 Å². The molecule has 1 aromatic carbocycles. The molecule has 1 saturated carbocycles. The SMILES string of the molecule is CN=C(NCCCn1nc(C)cc1C)NCC1(c2ccc(Cl)cc2)CC1.I. The van der Waals surface area contributed by atoms with Crippen LogP contribution in [-0.2, 0) is 12.0 Å². The summed E-state index contributed by atoms with van der Waals surface area (Å²) in [5, 5.41) is 12.2. The van der Waals surface area contributed by atoms with Crippen LogP contribution < -0.4 is 10.6 Å². The van der Waals surface area contributed by atoms with Gasteiger partial charge in [0.2, 0.25) is 0 Å². The van der Waals surface area contributed by atoms with E-state index in [1.807, 2.05) is 26.1 Å². The molecule has 3 rings (SSSR count). The smallest absolute Gasteiger partial charge is 0.191 e. The summed E-state index contributed by atoms with van der Waals surface area (Å²) < 4.78 is 2.06. The largest absolute Gasteiger partial charge is 0.356 e. The van der Waals surface area contributed by atoms with Gasteiger partial charge in [0.05, 0.1) is 5.69 Å². The van der Waals surface area contributed by atoms with Crippen molar-refractivity contribution in [2.24, 2.45) is 4.99 Å². The molecule has 2 N–H and O–H groups in total. The highest BCUT2D eigenvalue weighted by Gasteiger charge is 2.44. The predicted molar refractivity (Wildman–Crippen MR) is 123 cm³/mol. The molecule has 0 radical (unpaired) electrons. The van der Waals surface area contributed by atoms with Gasteiger partial charge in [-0.05, 0) is 56.9 Å². The molecule has 27 heavy (non-hydrogen) atoms. The van der Waals surface area contributed by atoms with Crippen molar-refractivity contribution in [3.63, 3.8) is 0 Å². The normalized spacial score (nSPS) is 15.2. The maximum Gasteiger partial charge on any atom is 0.191 e. The average Bonchev–Trinajstić information content (AvgIpc) is 3.34. The van der Waals surface area contributed by atoms with Gasteiger partial charge in [-0.3, -0.25) is 9.67 Å². The van der Waals surface area contributed by atoms with Crippen LogP contribution in [0.2, 0.25) is 5.02 Å². The van der Waals surface area contributed by atoms with Crippen molar-refractivity contribution in [3.05, 3.63) is 52.3 Å². The zero-order valence-corrected chi connectivity index (χ0v) is 19.3. The number of nitrogens with one attached hydrogen (secondary N) is 2. The second-order valence-corrected chi connectivity index (χ2v) is 7.58. The van der Waals surface area contributed by atoms with Crippen LogP contribution in [0, 0.1) is 13.8 Å². The predicted octanol–water partition coefficient (Wildman–Crippen LogP) is 4.06. The second kappa shape index (κ2) is 9.78. The Kier molecular flexibility index (Phi) is 7.97. The van der Waals surface area contributed by atoms with Gasteiger partial charge in [0, 0.05) is 42.8 Å². The lowest BCUT2D eigenvalue weighted by Gasteiger charge is -2.19. The molecule has 1 aromatic heterocycles. The number of aliphatic imine (C=N–C) groups is 1. The fourth-order valence-corrected chi connectivity index (χ4v) is 3.46. The van der Waals surface area contributed by atoms with Crippen molar-refractivity contribution >= 4 is 41.5 Å². The Balaban J connectivity index is 0.00000261.